The standard InChI is InChI=1S/C21H29N3O4/c1-4-23(13-19(25)26)16-9-11-24(12-10-16)21(27)22-15(3)20-14(2)17-7-5-6-8-18(17)28-20/h5-8,15-16H,4,9-13H2,1-3H3,(H,22,27)(H,25,26). The number of carboxylic acid groups (broad SMARTS) is 1. The number of amides is 2. The SMILES string of the molecule is CCN(CC(=O)O)C1CCN(C(=O)NC(C)c2oc3ccccc3c2C)CC1. The third-order valence-corrected chi connectivity index (χ3v) is 5.63. The van der Waals surface area contributed by atoms with E-state index in [4.69, 9.17) is 9.52 Å². The summed E-state index contributed by atoms with van der Waals surface area (Å²) in [6.45, 7) is 7.91. The van der Waals surface area contributed by atoms with Gasteiger partial charge in [0.25, 0.3) is 0 Å². The second-order valence-electron chi connectivity index (χ2n) is 7.43. The van der Waals surface area contributed by atoms with Gasteiger partial charge in [-0.25, -0.2) is 4.79 Å². The quantitative estimate of drug-likeness (QED) is 0.794. The number of para-hydroxylation sites is 1. The Kier molecular flexibility index (Phi) is 6.24. The van der Waals surface area contributed by atoms with E-state index in [1.54, 1.807) is 4.90 Å². The molecule has 2 aromatic rings. The van der Waals surface area contributed by atoms with Crippen molar-refractivity contribution in [3.05, 3.63) is 35.6 Å². The molecular weight excluding hydrogens is 358 g/mol. The number of likely N-dealkylation sites (N-methyl/N-ethyl adjacent to an activating group) is 1. The number of furan rings is 1. The molecule has 1 atom stereocenters. The molecule has 0 spiro atoms. The minimum atomic E-state index is -0.808. The van der Waals surface area contributed by atoms with Crippen molar-refractivity contribution < 1.29 is 19.1 Å². The van der Waals surface area contributed by atoms with Gasteiger partial charge in [0.05, 0.1) is 12.6 Å². The van der Waals surface area contributed by atoms with Crippen molar-refractivity contribution in [2.45, 2.75) is 45.7 Å². The van der Waals surface area contributed by atoms with Crippen LogP contribution < -0.4 is 5.32 Å². The first-order valence-electron chi connectivity index (χ1n) is 9.90. The third-order valence-electron chi connectivity index (χ3n) is 5.63. The number of hydrogen-bond donors (Lipinski definition) is 2. The predicted molar refractivity (Wildman–Crippen MR) is 107 cm³/mol. The molecule has 2 amide bonds. The fourth-order valence-corrected chi connectivity index (χ4v) is 4.06. The summed E-state index contributed by atoms with van der Waals surface area (Å²) >= 11 is 0. The van der Waals surface area contributed by atoms with Crippen molar-refractivity contribution >= 4 is 23.0 Å². The van der Waals surface area contributed by atoms with Gasteiger partial charge in [0.2, 0.25) is 0 Å². The zero-order valence-corrected chi connectivity index (χ0v) is 16.8. The molecule has 0 radical (unpaired) electrons. The number of carbonyl (C=O) groups excluding carboxylic acids is 1. The second kappa shape index (κ2) is 8.65. The Labute approximate surface area is 165 Å². The fraction of sp³-hybridized carbons (Fsp3) is 0.524. The van der Waals surface area contributed by atoms with Crippen molar-refractivity contribution in [3.63, 3.8) is 0 Å². The first-order chi connectivity index (χ1) is 13.4. The van der Waals surface area contributed by atoms with Crippen LogP contribution in [0.2, 0.25) is 0 Å². The van der Waals surface area contributed by atoms with Crippen molar-refractivity contribution in [2.24, 2.45) is 0 Å². The molecule has 0 aliphatic carbocycles. The van der Waals surface area contributed by atoms with Crippen LogP contribution in [-0.4, -0.2) is 59.1 Å². The van der Waals surface area contributed by atoms with Crippen LogP contribution in [0.1, 0.15) is 44.1 Å². The summed E-state index contributed by atoms with van der Waals surface area (Å²) in [4.78, 5) is 27.5. The van der Waals surface area contributed by atoms with Gasteiger partial charge in [-0.05, 0) is 39.3 Å². The molecule has 2 heterocycles. The maximum absolute atomic E-state index is 12.7. The van der Waals surface area contributed by atoms with Crippen LogP contribution in [0, 0.1) is 6.92 Å². The van der Waals surface area contributed by atoms with Gasteiger partial charge in [-0.15, -0.1) is 0 Å². The van der Waals surface area contributed by atoms with E-state index in [2.05, 4.69) is 5.32 Å². The number of carbonyl (C=O) groups is 2. The van der Waals surface area contributed by atoms with Gasteiger partial charge in [-0.1, -0.05) is 25.1 Å². The van der Waals surface area contributed by atoms with Gasteiger partial charge in [-0.3, -0.25) is 9.69 Å². The van der Waals surface area contributed by atoms with Gasteiger partial charge in [-0.2, -0.15) is 0 Å². The first kappa shape index (κ1) is 20.2. The first-order valence-corrected chi connectivity index (χ1v) is 9.90. The number of aryl methyl sites for hydroxylation is 1. The summed E-state index contributed by atoms with van der Waals surface area (Å²) < 4.78 is 5.95. The van der Waals surface area contributed by atoms with E-state index in [0.717, 1.165) is 35.1 Å². The highest BCUT2D eigenvalue weighted by molar-refractivity contribution is 5.82. The number of fused-ring (bicyclic) bond motifs is 1. The summed E-state index contributed by atoms with van der Waals surface area (Å²) in [5, 5.41) is 13.2. The van der Waals surface area contributed by atoms with Crippen molar-refractivity contribution in [1.82, 2.24) is 15.1 Å². The number of piperidine rings is 1. The highest BCUT2D eigenvalue weighted by Gasteiger charge is 2.28. The summed E-state index contributed by atoms with van der Waals surface area (Å²) in [6, 6.07) is 7.75. The molecule has 1 aliphatic rings. The molecule has 28 heavy (non-hydrogen) atoms. The lowest BCUT2D eigenvalue weighted by Gasteiger charge is -2.37. The molecule has 2 N–H and O–H groups in total. The van der Waals surface area contributed by atoms with E-state index in [0.29, 0.717) is 19.6 Å². The Morgan fingerprint density at radius 3 is 2.61 bits per heavy atom. The minimum Gasteiger partial charge on any atom is -0.480 e. The largest absolute Gasteiger partial charge is 0.480 e. The molecule has 0 bridgehead atoms. The smallest absolute Gasteiger partial charge is 0.317 e. The van der Waals surface area contributed by atoms with E-state index in [1.807, 2.05) is 49.9 Å². The van der Waals surface area contributed by atoms with Crippen molar-refractivity contribution in [1.29, 1.82) is 0 Å². The third kappa shape index (κ3) is 4.30. The molecular formula is C21H29N3O4. The number of carboxylic acids is 1. The molecule has 1 aromatic carbocycles. The van der Waals surface area contributed by atoms with E-state index in [-0.39, 0.29) is 24.7 Å². The molecule has 1 fully saturated rings. The zero-order valence-electron chi connectivity index (χ0n) is 16.8. The van der Waals surface area contributed by atoms with Crippen LogP contribution >= 0.6 is 0 Å². The molecule has 1 unspecified atom stereocenters. The predicted octanol–water partition coefficient (Wildman–Crippen LogP) is 3.38. The molecule has 152 valence electrons. The highest BCUT2D eigenvalue weighted by atomic mass is 16.4. The van der Waals surface area contributed by atoms with Crippen LogP contribution in [0.4, 0.5) is 4.79 Å². The Bertz CT molecular complexity index is 839. The van der Waals surface area contributed by atoms with Crippen molar-refractivity contribution in [2.75, 3.05) is 26.2 Å². The zero-order chi connectivity index (χ0) is 20.3. The van der Waals surface area contributed by atoms with E-state index >= 15 is 0 Å². The molecule has 7 nitrogen and oxygen atoms in total. The van der Waals surface area contributed by atoms with Crippen LogP contribution in [0.3, 0.4) is 0 Å². The Hall–Kier alpha value is -2.54. The average Bonchev–Trinajstić information content (AvgIpc) is 3.03. The number of nitrogens with zero attached hydrogens (tertiary/aromatic N) is 2. The van der Waals surface area contributed by atoms with Gasteiger partial charge in [0.15, 0.2) is 0 Å². The Morgan fingerprint density at radius 2 is 2.00 bits per heavy atom. The fourth-order valence-electron chi connectivity index (χ4n) is 4.06. The molecule has 3 rings (SSSR count). The lowest BCUT2D eigenvalue weighted by atomic mass is 10.0. The lowest BCUT2D eigenvalue weighted by Crippen LogP contribution is -2.50. The molecule has 0 saturated carbocycles. The lowest BCUT2D eigenvalue weighted by molar-refractivity contribution is -0.139. The molecule has 1 saturated heterocycles. The van der Waals surface area contributed by atoms with Crippen LogP contribution in [-0.2, 0) is 4.79 Å². The van der Waals surface area contributed by atoms with Crippen LogP contribution in [0.5, 0.6) is 0 Å². The van der Waals surface area contributed by atoms with Crippen LogP contribution in [0.25, 0.3) is 11.0 Å². The molecule has 1 aromatic heterocycles. The van der Waals surface area contributed by atoms with E-state index < -0.39 is 5.97 Å². The number of hydrogen-bond acceptors (Lipinski definition) is 4. The van der Waals surface area contributed by atoms with Gasteiger partial charge in [0.1, 0.15) is 11.3 Å². The Balaban J connectivity index is 1.58. The number of rotatable bonds is 6. The monoisotopic (exact) mass is 387 g/mol. The van der Waals surface area contributed by atoms with E-state index in [1.165, 1.54) is 0 Å². The summed E-state index contributed by atoms with van der Waals surface area (Å²) in [6.07, 6.45) is 1.57. The topological polar surface area (TPSA) is 86.0 Å². The second-order valence-corrected chi connectivity index (χ2v) is 7.43. The van der Waals surface area contributed by atoms with Gasteiger partial charge >= 0.3 is 12.0 Å². The minimum absolute atomic E-state index is 0.0513. The summed E-state index contributed by atoms with van der Waals surface area (Å²) in [7, 11) is 0. The maximum Gasteiger partial charge on any atom is 0.317 e. The Morgan fingerprint density at radius 1 is 1.32 bits per heavy atom. The van der Waals surface area contributed by atoms with Gasteiger partial charge in [0, 0.05) is 30.1 Å². The normalized spacial score (nSPS) is 16.5. The number of urea groups is 1. The average molecular weight is 387 g/mol. The highest BCUT2D eigenvalue weighted by Crippen LogP contribution is 2.29. The number of nitrogens with one attached hydrogen (secondary N) is 1. The summed E-state index contributed by atoms with van der Waals surface area (Å²) in [5.74, 6) is -0.0277. The summed E-state index contributed by atoms with van der Waals surface area (Å²) in [5.41, 5.74) is 1.88. The van der Waals surface area contributed by atoms with Crippen molar-refractivity contribution in [3.8, 4) is 0 Å². The number of likely N-dealkylation sites (tertiary alicyclic amines) is 1. The maximum atomic E-state index is 12.7. The van der Waals surface area contributed by atoms with Crippen LogP contribution in [0.15, 0.2) is 28.7 Å². The number of benzene rings is 1. The van der Waals surface area contributed by atoms with Gasteiger partial charge < -0.3 is 19.7 Å². The van der Waals surface area contributed by atoms with E-state index in [9.17, 15) is 9.59 Å². The number of aliphatic carboxylic acids is 1. The molecule has 7 heteroatoms. The molecule has 1 aliphatic heterocycles.